The van der Waals surface area contributed by atoms with Gasteiger partial charge >= 0.3 is 18.0 Å². The van der Waals surface area contributed by atoms with E-state index >= 15 is 0 Å². The van der Waals surface area contributed by atoms with E-state index in [0.29, 0.717) is 0 Å². The number of hydrogen-bond acceptors (Lipinski definition) is 7. The Morgan fingerprint density at radius 2 is 1.65 bits per heavy atom. The van der Waals surface area contributed by atoms with Crippen molar-refractivity contribution in [2.45, 2.75) is 38.5 Å². The Labute approximate surface area is 116 Å². The maximum Gasteiger partial charge on any atom is 0.412 e. The number of ether oxygens (including phenoxy) is 4. The van der Waals surface area contributed by atoms with Gasteiger partial charge in [-0.2, -0.15) is 0 Å². The Hall–Kier alpha value is -1.83. The number of methoxy groups -OCH3 is 2. The van der Waals surface area contributed by atoms with Crippen LogP contribution in [0.25, 0.3) is 0 Å². The van der Waals surface area contributed by atoms with Crippen LogP contribution in [0.1, 0.15) is 20.8 Å². The third kappa shape index (κ3) is 3.60. The maximum atomic E-state index is 12.0. The fraction of sp³-hybridized carbons (Fsp3) is 0.750. The first-order valence-electron chi connectivity index (χ1n) is 5.98. The van der Waals surface area contributed by atoms with E-state index in [1.807, 2.05) is 0 Å². The quantitative estimate of drug-likeness (QED) is 0.533. The fourth-order valence-corrected chi connectivity index (χ4v) is 1.67. The first-order valence-corrected chi connectivity index (χ1v) is 5.98. The maximum absolute atomic E-state index is 12.0. The largest absolute Gasteiger partial charge is 0.467 e. The molecule has 8 nitrogen and oxygen atoms in total. The van der Waals surface area contributed by atoms with Crippen LogP contribution < -0.4 is 0 Å². The van der Waals surface area contributed by atoms with E-state index in [2.05, 4.69) is 9.47 Å². The molecule has 1 aliphatic rings. The fourth-order valence-electron chi connectivity index (χ4n) is 1.67. The van der Waals surface area contributed by atoms with E-state index in [-0.39, 0.29) is 6.73 Å². The van der Waals surface area contributed by atoms with Gasteiger partial charge in [0, 0.05) is 0 Å². The third-order valence-corrected chi connectivity index (χ3v) is 2.52. The molecule has 0 radical (unpaired) electrons. The van der Waals surface area contributed by atoms with Gasteiger partial charge in [0.05, 0.1) is 14.2 Å². The molecular formula is C12H19NO7. The molecule has 1 fully saturated rings. The summed E-state index contributed by atoms with van der Waals surface area (Å²) in [5.41, 5.74) is -0.735. The van der Waals surface area contributed by atoms with Crippen molar-refractivity contribution in [3.8, 4) is 0 Å². The van der Waals surface area contributed by atoms with Gasteiger partial charge in [-0.3, -0.25) is 4.90 Å². The smallest absolute Gasteiger partial charge is 0.412 e. The van der Waals surface area contributed by atoms with E-state index in [0.717, 1.165) is 19.1 Å². The van der Waals surface area contributed by atoms with Gasteiger partial charge < -0.3 is 18.9 Å². The summed E-state index contributed by atoms with van der Waals surface area (Å²) in [5, 5.41) is 0. The van der Waals surface area contributed by atoms with Crippen molar-refractivity contribution in [1.82, 2.24) is 4.90 Å². The Balaban J connectivity index is 2.93. The summed E-state index contributed by atoms with van der Waals surface area (Å²) >= 11 is 0. The zero-order valence-electron chi connectivity index (χ0n) is 12.2. The topological polar surface area (TPSA) is 91.4 Å². The summed E-state index contributed by atoms with van der Waals surface area (Å²) in [7, 11) is 2.32. The molecular weight excluding hydrogens is 270 g/mol. The van der Waals surface area contributed by atoms with Crippen LogP contribution in [0.3, 0.4) is 0 Å². The predicted molar refractivity (Wildman–Crippen MR) is 65.6 cm³/mol. The van der Waals surface area contributed by atoms with Crippen LogP contribution in [0.5, 0.6) is 0 Å². The van der Waals surface area contributed by atoms with Gasteiger partial charge in [-0.1, -0.05) is 0 Å². The lowest BCUT2D eigenvalue weighted by Gasteiger charge is -2.26. The number of carbonyl (C=O) groups excluding carboxylic acids is 3. The molecule has 0 aromatic heterocycles. The van der Waals surface area contributed by atoms with Crippen LogP contribution in [-0.4, -0.2) is 61.6 Å². The van der Waals surface area contributed by atoms with Gasteiger partial charge in [-0.05, 0) is 20.8 Å². The van der Waals surface area contributed by atoms with Gasteiger partial charge in [-0.15, -0.1) is 0 Å². The molecule has 20 heavy (non-hydrogen) atoms. The van der Waals surface area contributed by atoms with Crippen LogP contribution >= 0.6 is 0 Å². The summed E-state index contributed by atoms with van der Waals surface area (Å²) in [4.78, 5) is 36.3. The monoisotopic (exact) mass is 289 g/mol. The van der Waals surface area contributed by atoms with Gasteiger partial charge in [-0.25, -0.2) is 14.4 Å². The molecule has 1 saturated heterocycles. The lowest BCUT2D eigenvalue weighted by molar-refractivity contribution is -0.158. The molecule has 0 saturated carbocycles. The van der Waals surface area contributed by atoms with Gasteiger partial charge in [0.25, 0.3) is 0 Å². The first-order chi connectivity index (χ1) is 9.21. The number of esters is 2. The van der Waals surface area contributed by atoms with Crippen LogP contribution in [-0.2, 0) is 28.5 Å². The molecule has 1 aliphatic heterocycles. The molecule has 8 heteroatoms. The van der Waals surface area contributed by atoms with Crippen molar-refractivity contribution in [3.05, 3.63) is 0 Å². The highest BCUT2D eigenvalue weighted by Gasteiger charge is 2.49. The lowest BCUT2D eigenvalue weighted by Crippen LogP contribution is -2.49. The predicted octanol–water partition coefficient (Wildman–Crippen LogP) is 0.294. The minimum absolute atomic E-state index is 0.256. The van der Waals surface area contributed by atoms with E-state index in [9.17, 15) is 14.4 Å². The second-order valence-corrected chi connectivity index (χ2v) is 5.16. The first kappa shape index (κ1) is 16.2. The molecule has 1 amide bonds. The average Bonchev–Trinajstić information content (AvgIpc) is 2.79. The molecule has 0 spiro atoms. The van der Waals surface area contributed by atoms with Crippen LogP contribution in [0, 0.1) is 0 Å². The molecule has 0 N–H and O–H groups in total. The molecule has 0 aromatic rings. The Kier molecular flexibility index (Phi) is 4.93. The van der Waals surface area contributed by atoms with Crippen molar-refractivity contribution >= 4 is 18.0 Å². The van der Waals surface area contributed by atoms with Crippen molar-refractivity contribution in [1.29, 1.82) is 0 Å². The number of hydrogen-bond donors (Lipinski definition) is 0. The Morgan fingerprint density at radius 1 is 1.10 bits per heavy atom. The summed E-state index contributed by atoms with van der Waals surface area (Å²) in [6.45, 7) is 4.81. The van der Waals surface area contributed by atoms with Crippen LogP contribution in [0.4, 0.5) is 4.79 Å². The molecule has 1 rings (SSSR count). The summed E-state index contributed by atoms with van der Waals surface area (Å²) in [5.74, 6) is -1.53. The second-order valence-electron chi connectivity index (χ2n) is 5.16. The average molecular weight is 289 g/mol. The number of amides is 1. The molecule has 2 atom stereocenters. The molecule has 0 aliphatic carbocycles. The Bertz CT molecular complexity index is 401. The van der Waals surface area contributed by atoms with Gasteiger partial charge in [0.1, 0.15) is 12.3 Å². The van der Waals surface area contributed by atoms with Crippen molar-refractivity contribution < 1.29 is 33.3 Å². The van der Waals surface area contributed by atoms with Crippen molar-refractivity contribution in [3.63, 3.8) is 0 Å². The molecule has 0 aromatic carbocycles. The Morgan fingerprint density at radius 3 is 2.10 bits per heavy atom. The minimum Gasteiger partial charge on any atom is -0.467 e. The van der Waals surface area contributed by atoms with E-state index in [1.54, 1.807) is 20.8 Å². The molecule has 114 valence electrons. The summed E-state index contributed by atoms with van der Waals surface area (Å²) < 4.78 is 19.4. The zero-order valence-corrected chi connectivity index (χ0v) is 12.2. The summed E-state index contributed by atoms with van der Waals surface area (Å²) in [6, 6.07) is -1.22. The molecule has 0 unspecified atom stereocenters. The second kappa shape index (κ2) is 6.08. The van der Waals surface area contributed by atoms with Gasteiger partial charge in [0.2, 0.25) is 0 Å². The standard InChI is InChI=1S/C12H19NO7/c1-12(2,3)20-11(16)13-6-19-8(10(15)18-5)7(13)9(14)17-4/h7-8H,6H2,1-5H3/t7-,8-/m0/s1. The molecule has 1 heterocycles. The van der Waals surface area contributed by atoms with E-state index < -0.39 is 35.8 Å². The molecule has 0 bridgehead atoms. The third-order valence-electron chi connectivity index (χ3n) is 2.52. The zero-order chi connectivity index (χ0) is 15.5. The van der Waals surface area contributed by atoms with E-state index in [4.69, 9.17) is 9.47 Å². The summed E-state index contributed by atoms with van der Waals surface area (Å²) in [6.07, 6.45) is -1.99. The highest BCUT2D eigenvalue weighted by molar-refractivity contribution is 5.90. The SMILES string of the molecule is COC(=O)[C@H]1OCN(C(=O)OC(C)(C)C)[C@@H]1C(=O)OC. The highest BCUT2D eigenvalue weighted by atomic mass is 16.6. The number of rotatable bonds is 2. The number of nitrogens with zero attached hydrogens (tertiary/aromatic N) is 1. The lowest BCUT2D eigenvalue weighted by atomic mass is 10.1. The highest BCUT2D eigenvalue weighted by Crippen LogP contribution is 2.22. The van der Waals surface area contributed by atoms with Crippen molar-refractivity contribution in [2.75, 3.05) is 21.0 Å². The minimum atomic E-state index is -1.22. The van der Waals surface area contributed by atoms with Crippen LogP contribution in [0.15, 0.2) is 0 Å². The number of carbonyl (C=O) groups is 3. The van der Waals surface area contributed by atoms with E-state index in [1.165, 1.54) is 0 Å². The van der Waals surface area contributed by atoms with Crippen LogP contribution in [0.2, 0.25) is 0 Å². The normalized spacial score (nSPS) is 22.4. The van der Waals surface area contributed by atoms with Crippen molar-refractivity contribution in [2.24, 2.45) is 0 Å². The van der Waals surface area contributed by atoms with Gasteiger partial charge in [0.15, 0.2) is 12.1 Å².